The summed E-state index contributed by atoms with van der Waals surface area (Å²) in [5.74, 6) is -0.466. The summed E-state index contributed by atoms with van der Waals surface area (Å²) in [5, 5.41) is 12.7. The molecule has 1 aromatic rings. The molecule has 0 bridgehead atoms. The van der Waals surface area contributed by atoms with Gasteiger partial charge in [0.15, 0.2) is 0 Å². The molecule has 0 aliphatic carbocycles. The van der Waals surface area contributed by atoms with Crippen LogP contribution in [0.5, 0.6) is 0 Å². The normalized spacial score (nSPS) is 12.7. The van der Waals surface area contributed by atoms with E-state index in [9.17, 15) is 9.50 Å². The second-order valence-corrected chi connectivity index (χ2v) is 5.07. The van der Waals surface area contributed by atoms with Gasteiger partial charge in [-0.15, -0.1) is 0 Å². The molecule has 0 fully saturated rings. The van der Waals surface area contributed by atoms with E-state index >= 15 is 0 Å². The van der Waals surface area contributed by atoms with Gasteiger partial charge in [0.2, 0.25) is 0 Å². The SMILES string of the molecule is CC(C)OCCOCC(O)CNc1ccc(F)c(Cl)c1. The van der Waals surface area contributed by atoms with Gasteiger partial charge >= 0.3 is 0 Å². The van der Waals surface area contributed by atoms with Crippen LogP contribution in [0.15, 0.2) is 18.2 Å². The second kappa shape index (κ2) is 9.13. The fraction of sp³-hybridized carbons (Fsp3) is 0.571. The van der Waals surface area contributed by atoms with Gasteiger partial charge in [0.1, 0.15) is 5.82 Å². The lowest BCUT2D eigenvalue weighted by Crippen LogP contribution is -2.25. The molecule has 0 aliphatic rings. The van der Waals surface area contributed by atoms with Gasteiger partial charge in [-0.2, -0.15) is 0 Å². The quantitative estimate of drug-likeness (QED) is 0.689. The lowest BCUT2D eigenvalue weighted by atomic mass is 10.3. The first-order valence-corrected chi connectivity index (χ1v) is 6.93. The lowest BCUT2D eigenvalue weighted by Gasteiger charge is -2.14. The molecule has 0 saturated carbocycles. The van der Waals surface area contributed by atoms with Crippen molar-refractivity contribution in [2.45, 2.75) is 26.1 Å². The van der Waals surface area contributed by atoms with E-state index in [-0.39, 0.29) is 17.7 Å². The van der Waals surface area contributed by atoms with Crippen LogP contribution in [0.3, 0.4) is 0 Å². The van der Waals surface area contributed by atoms with E-state index in [0.29, 0.717) is 25.4 Å². The van der Waals surface area contributed by atoms with Crippen molar-refractivity contribution in [2.75, 3.05) is 31.7 Å². The first-order valence-electron chi connectivity index (χ1n) is 6.55. The molecule has 1 rings (SSSR count). The minimum atomic E-state index is -0.655. The van der Waals surface area contributed by atoms with Crippen molar-refractivity contribution in [3.8, 4) is 0 Å². The summed E-state index contributed by atoms with van der Waals surface area (Å²) < 4.78 is 23.5. The van der Waals surface area contributed by atoms with Gasteiger partial charge in [0.05, 0.1) is 37.1 Å². The van der Waals surface area contributed by atoms with E-state index in [1.165, 1.54) is 12.1 Å². The molecule has 1 aromatic carbocycles. The number of nitrogens with one attached hydrogen (secondary N) is 1. The van der Waals surface area contributed by atoms with E-state index in [0.717, 1.165) is 0 Å². The van der Waals surface area contributed by atoms with Gasteiger partial charge in [-0.3, -0.25) is 0 Å². The molecule has 4 nitrogen and oxygen atoms in total. The third-order valence-corrected chi connectivity index (χ3v) is 2.74. The van der Waals surface area contributed by atoms with Crippen LogP contribution in [0.2, 0.25) is 5.02 Å². The van der Waals surface area contributed by atoms with Crippen LogP contribution >= 0.6 is 11.6 Å². The summed E-state index contributed by atoms with van der Waals surface area (Å²) in [6.07, 6.45) is -0.480. The minimum Gasteiger partial charge on any atom is -0.389 e. The third-order valence-electron chi connectivity index (χ3n) is 2.45. The van der Waals surface area contributed by atoms with Gasteiger partial charge in [0, 0.05) is 12.2 Å². The molecule has 114 valence electrons. The van der Waals surface area contributed by atoms with Crippen molar-refractivity contribution >= 4 is 17.3 Å². The van der Waals surface area contributed by atoms with Crippen LogP contribution in [-0.4, -0.2) is 43.7 Å². The van der Waals surface area contributed by atoms with Crippen LogP contribution in [-0.2, 0) is 9.47 Å². The first kappa shape index (κ1) is 17.2. The van der Waals surface area contributed by atoms with Crippen LogP contribution in [0, 0.1) is 5.82 Å². The third kappa shape index (κ3) is 7.05. The average Bonchev–Trinajstić information content (AvgIpc) is 2.39. The topological polar surface area (TPSA) is 50.7 Å². The molecule has 6 heteroatoms. The molecule has 2 N–H and O–H groups in total. The van der Waals surface area contributed by atoms with E-state index in [4.69, 9.17) is 21.1 Å². The van der Waals surface area contributed by atoms with Crippen molar-refractivity contribution in [1.82, 2.24) is 0 Å². The predicted molar refractivity (Wildman–Crippen MR) is 77.8 cm³/mol. The standard InChI is InChI=1S/C14H21ClFNO3/c1-10(2)20-6-5-19-9-12(18)8-17-11-3-4-14(16)13(15)7-11/h3-4,7,10,12,17-18H,5-6,8-9H2,1-2H3. The Morgan fingerprint density at radius 2 is 2.10 bits per heavy atom. The summed E-state index contributed by atoms with van der Waals surface area (Å²) in [6.45, 7) is 5.36. The Labute approximate surface area is 123 Å². The monoisotopic (exact) mass is 305 g/mol. The maximum Gasteiger partial charge on any atom is 0.141 e. The number of halogens is 2. The Balaban J connectivity index is 2.16. The zero-order chi connectivity index (χ0) is 15.0. The van der Waals surface area contributed by atoms with Crippen molar-refractivity contribution in [3.05, 3.63) is 29.0 Å². The average molecular weight is 306 g/mol. The zero-order valence-corrected chi connectivity index (χ0v) is 12.5. The van der Waals surface area contributed by atoms with Gasteiger partial charge in [-0.25, -0.2) is 4.39 Å². The molecule has 1 atom stereocenters. The number of aliphatic hydroxyl groups is 1. The molecule has 0 aromatic heterocycles. The number of ether oxygens (including phenoxy) is 2. The fourth-order valence-corrected chi connectivity index (χ4v) is 1.64. The smallest absolute Gasteiger partial charge is 0.141 e. The van der Waals surface area contributed by atoms with Crippen molar-refractivity contribution in [3.63, 3.8) is 0 Å². The lowest BCUT2D eigenvalue weighted by molar-refractivity contribution is -0.00734. The number of aliphatic hydroxyl groups excluding tert-OH is 1. The summed E-state index contributed by atoms with van der Waals surface area (Å²) in [4.78, 5) is 0. The maximum absolute atomic E-state index is 13.0. The summed E-state index contributed by atoms with van der Waals surface area (Å²) in [6, 6.07) is 4.31. The van der Waals surface area contributed by atoms with Crippen molar-refractivity contribution in [2.24, 2.45) is 0 Å². The highest BCUT2D eigenvalue weighted by Gasteiger charge is 2.06. The van der Waals surface area contributed by atoms with Gasteiger partial charge in [-0.05, 0) is 32.0 Å². The van der Waals surface area contributed by atoms with Gasteiger partial charge in [-0.1, -0.05) is 11.6 Å². The molecule has 0 heterocycles. The summed E-state index contributed by atoms with van der Waals surface area (Å²) in [7, 11) is 0. The molecule has 0 spiro atoms. The highest BCUT2D eigenvalue weighted by molar-refractivity contribution is 6.31. The number of rotatable bonds is 9. The highest BCUT2D eigenvalue weighted by Crippen LogP contribution is 2.19. The zero-order valence-electron chi connectivity index (χ0n) is 11.7. The molecule has 0 radical (unpaired) electrons. The van der Waals surface area contributed by atoms with E-state index in [1.54, 1.807) is 6.07 Å². The van der Waals surface area contributed by atoms with Crippen LogP contribution in [0.4, 0.5) is 10.1 Å². The highest BCUT2D eigenvalue weighted by atomic mass is 35.5. The van der Waals surface area contributed by atoms with E-state index in [1.807, 2.05) is 13.8 Å². The Bertz CT molecular complexity index is 404. The molecular weight excluding hydrogens is 285 g/mol. The molecule has 0 saturated heterocycles. The Kier molecular flexibility index (Phi) is 7.84. The van der Waals surface area contributed by atoms with E-state index < -0.39 is 11.9 Å². The van der Waals surface area contributed by atoms with Crippen molar-refractivity contribution < 1.29 is 19.0 Å². The molecular formula is C14H21ClFNO3. The summed E-state index contributed by atoms with van der Waals surface area (Å²) >= 11 is 5.66. The first-order chi connectivity index (χ1) is 9.49. The molecule has 1 unspecified atom stereocenters. The Hall–Kier alpha value is -0.880. The Morgan fingerprint density at radius 1 is 1.35 bits per heavy atom. The van der Waals surface area contributed by atoms with Gasteiger partial charge in [0.25, 0.3) is 0 Å². The molecule has 20 heavy (non-hydrogen) atoms. The van der Waals surface area contributed by atoms with Crippen molar-refractivity contribution in [1.29, 1.82) is 0 Å². The second-order valence-electron chi connectivity index (χ2n) is 4.66. The summed E-state index contributed by atoms with van der Waals surface area (Å²) in [5.41, 5.74) is 0.651. The van der Waals surface area contributed by atoms with Crippen LogP contribution < -0.4 is 5.32 Å². The van der Waals surface area contributed by atoms with Crippen LogP contribution in [0.1, 0.15) is 13.8 Å². The van der Waals surface area contributed by atoms with Gasteiger partial charge < -0.3 is 19.9 Å². The largest absolute Gasteiger partial charge is 0.389 e. The number of anilines is 1. The Morgan fingerprint density at radius 3 is 2.75 bits per heavy atom. The van der Waals surface area contributed by atoms with E-state index in [2.05, 4.69) is 5.32 Å². The molecule has 0 aliphatic heterocycles. The van der Waals surface area contributed by atoms with Crippen LogP contribution in [0.25, 0.3) is 0 Å². The predicted octanol–water partition coefficient (Wildman–Crippen LogP) is 2.69. The number of hydrogen-bond donors (Lipinski definition) is 2. The number of hydrogen-bond acceptors (Lipinski definition) is 4. The minimum absolute atomic E-state index is 0.0478. The molecule has 0 amide bonds. The maximum atomic E-state index is 13.0. The number of benzene rings is 1. The fourth-order valence-electron chi connectivity index (χ4n) is 1.46.